The highest BCUT2D eigenvalue weighted by molar-refractivity contribution is 5.97. The lowest BCUT2D eigenvalue weighted by molar-refractivity contribution is -0.123. The number of ether oxygens (including phenoxy) is 3. The number of anilines is 2. The highest BCUT2D eigenvalue weighted by Gasteiger charge is 2.35. The molecule has 0 saturated carbocycles. The average molecular weight is 703 g/mol. The Morgan fingerprint density at radius 1 is 0.942 bits per heavy atom. The molecule has 2 aliphatic heterocycles. The minimum absolute atomic E-state index is 0.0359. The van der Waals surface area contributed by atoms with Crippen LogP contribution in [0.1, 0.15) is 32.7 Å². The van der Waals surface area contributed by atoms with Gasteiger partial charge in [-0.3, -0.25) is 14.4 Å². The van der Waals surface area contributed by atoms with Gasteiger partial charge in [-0.15, -0.1) is 0 Å². The lowest BCUT2D eigenvalue weighted by atomic mass is 9.98. The Balaban J connectivity index is 1.18. The maximum Gasteiger partial charge on any atom is 0.258 e. The van der Waals surface area contributed by atoms with Gasteiger partial charge in [0.25, 0.3) is 17.7 Å². The van der Waals surface area contributed by atoms with Crippen molar-refractivity contribution < 1.29 is 33.0 Å². The molecule has 1 aromatic heterocycles. The highest BCUT2D eigenvalue weighted by atomic mass is 19.1. The van der Waals surface area contributed by atoms with Gasteiger partial charge in [0.05, 0.1) is 18.7 Å². The van der Waals surface area contributed by atoms with E-state index in [1.165, 1.54) is 31.6 Å². The van der Waals surface area contributed by atoms with Crippen LogP contribution in [0.5, 0.6) is 17.2 Å². The SMILES string of the molecule is COc1ccc2cc1-c1cccc(c1)OCC(=O)NCc1cc(F)cc(c1)O[C@@H]1CCN(C(=O)c3cnc(Nc4ccccc4)nc3)C[C@H]1NC2=O. The predicted octanol–water partition coefficient (Wildman–Crippen LogP) is 5.14. The van der Waals surface area contributed by atoms with Crippen molar-refractivity contribution >= 4 is 29.4 Å². The fourth-order valence-electron chi connectivity index (χ4n) is 6.18. The van der Waals surface area contributed by atoms with Gasteiger partial charge in [0.1, 0.15) is 29.2 Å². The number of methoxy groups -OCH3 is 1. The van der Waals surface area contributed by atoms with Gasteiger partial charge in [0, 0.05) is 61.3 Å². The number of carbonyl (C=O) groups excluding carboxylic acids is 3. The number of rotatable bonds is 4. The predicted molar refractivity (Wildman–Crippen MR) is 190 cm³/mol. The van der Waals surface area contributed by atoms with E-state index in [0.29, 0.717) is 52.7 Å². The van der Waals surface area contributed by atoms with Crippen molar-refractivity contribution in [3.8, 4) is 28.4 Å². The van der Waals surface area contributed by atoms with Crippen molar-refractivity contribution in [2.75, 3.05) is 32.1 Å². The number of para-hydroxylation sites is 1. The van der Waals surface area contributed by atoms with Crippen LogP contribution in [0.25, 0.3) is 11.1 Å². The van der Waals surface area contributed by atoms with Crippen LogP contribution in [0.3, 0.4) is 0 Å². The molecule has 264 valence electrons. The Morgan fingerprint density at radius 2 is 1.77 bits per heavy atom. The van der Waals surface area contributed by atoms with Crippen molar-refractivity contribution in [3.63, 3.8) is 0 Å². The van der Waals surface area contributed by atoms with Crippen LogP contribution in [0.15, 0.2) is 103 Å². The first-order valence-electron chi connectivity index (χ1n) is 16.7. The third kappa shape index (κ3) is 7.94. The van der Waals surface area contributed by atoms with E-state index in [1.54, 1.807) is 47.4 Å². The summed E-state index contributed by atoms with van der Waals surface area (Å²) in [6.45, 7) is 0.163. The number of nitrogens with one attached hydrogen (secondary N) is 3. The van der Waals surface area contributed by atoms with Crippen LogP contribution in [-0.4, -0.2) is 71.5 Å². The molecule has 3 heterocycles. The van der Waals surface area contributed by atoms with Crippen molar-refractivity contribution in [1.29, 1.82) is 0 Å². The topological polar surface area (TPSA) is 144 Å². The zero-order chi connectivity index (χ0) is 36.0. The molecule has 52 heavy (non-hydrogen) atoms. The fraction of sp³-hybridized carbons (Fsp3) is 0.205. The quantitative estimate of drug-likeness (QED) is 0.232. The van der Waals surface area contributed by atoms with Gasteiger partial charge in [-0.2, -0.15) is 0 Å². The third-order valence-electron chi connectivity index (χ3n) is 8.77. The summed E-state index contributed by atoms with van der Waals surface area (Å²) < 4.78 is 32.5. The number of aromatic nitrogens is 2. The van der Waals surface area contributed by atoms with E-state index in [0.717, 1.165) is 5.69 Å². The van der Waals surface area contributed by atoms with E-state index in [9.17, 15) is 18.8 Å². The van der Waals surface area contributed by atoms with Crippen LogP contribution in [0.2, 0.25) is 0 Å². The molecule has 3 N–H and O–H groups in total. The molecule has 1 fully saturated rings. The number of piperidine rings is 1. The van der Waals surface area contributed by atoms with Gasteiger partial charge in [-0.1, -0.05) is 30.3 Å². The second-order valence-corrected chi connectivity index (χ2v) is 12.4. The first-order valence-corrected chi connectivity index (χ1v) is 16.7. The number of nitrogens with zero attached hydrogens (tertiary/aromatic N) is 3. The minimum Gasteiger partial charge on any atom is -0.496 e. The smallest absolute Gasteiger partial charge is 0.258 e. The summed E-state index contributed by atoms with van der Waals surface area (Å²) in [5.41, 5.74) is 3.24. The molecule has 5 aromatic rings. The van der Waals surface area contributed by atoms with E-state index in [2.05, 4.69) is 25.9 Å². The number of hydrogen-bond donors (Lipinski definition) is 3. The summed E-state index contributed by atoms with van der Waals surface area (Å²) in [5, 5.41) is 8.92. The average Bonchev–Trinajstić information content (AvgIpc) is 3.16. The summed E-state index contributed by atoms with van der Waals surface area (Å²) in [6.07, 6.45) is 2.61. The first kappa shape index (κ1) is 34.0. The molecule has 0 radical (unpaired) electrons. The van der Waals surface area contributed by atoms with Crippen molar-refractivity contribution in [3.05, 3.63) is 126 Å². The van der Waals surface area contributed by atoms with Gasteiger partial charge >= 0.3 is 0 Å². The summed E-state index contributed by atoms with van der Waals surface area (Å²) in [7, 11) is 1.54. The molecule has 2 atom stereocenters. The second kappa shape index (κ2) is 15.2. The number of hydrogen-bond acceptors (Lipinski definition) is 9. The molecular formula is C39H35FN6O6. The molecule has 6 bridgehead atoms. The largest absolute Gasteiger partial charge is 0.496 e. The molecule has 4 aromatic carbocycles. The normalized spacial score (nSPS) is 17.4. The standard InChI is InChI=1S/C39H35FN6O6/c1-50-34-11-10-26-17-32(34)25-6-5-9-30(16-25)51-23-36(47)41-19-24-14-28(40)18-31(15-24)52-35-12-13-46(22-33(35)45-37(26)48)38(49)27-20-42-39(43-21-27)44-29-7-3-2-4-8-29/h2-11,14-18,20-21,33,35H,12-13,19,22-23H2,1H3,(H,41,47)(H,45,48)(H,42,43,44)/t33-,35-/m1/s1. The van der Waals surface area contributed by atoms with Crippen LogP contribution in [0.4, 0.5) is 16.0 Å². The molecule has 0 spiro atoms. The summed E-state index contributed by atoms with van der Waals surface area (Å²) in [5.74, 6) is -0.135. The number of likely N-dealkylation sites (tertiary alicyclic amines) is 1. The Bertz CT molecular complexity index is 2100. The van der Waals surface area contributed by atoms with Gasteiger partial charge in [0.2, 0.25) is 5.95 Å². The molecule has 13 heteroatoms. The zero-order valence-corrected chi connectivity index (χ0v) is 28.2. The molecule has 2 aliphatic rings. The second-order valence-electron chi connectivity index (χ2n) is 12.4. The number of benzene rings is 4. The Hall–Kier alpha value is -6.50. The monoisotopic (exact) mass is 702 g/mol. The number of carbonyl (C=O) groups is 3. The van der Waals surface area contributed by atoms with Crippen molar-refractivity contribution in [2.45, 2.75) is 25.1 Å². The van der Waals surface area contributed by atoms with Gasteiger partial charge < -0.3 is 35.1 Å². The van der Waals surface area contributed by atoms with Crippen LogP contribution < -0.4 is 30.2 Å². The van der Waals surface area contributed by atoms with E-state index in [1.807, 2.05) is 36.4 Å². The van der Waals surface area contributed by atoms with Crippen LogP contribution >= 0.6 is 0 Å². The van der Waals surface area contributed by atoms with Crippen molar-refractivity contribution in [1.82, 2.24) is 25.5 Å². The minimum atomic E-state index is -0.694. The molecule has 0 unspecified atom stereocenters. The molecular weight excluding hydrogens is 667 g/mol. The Kier molecular flexibility index (Phi) is 9.91. The summed E-state index contributed by atoms with van der Waals surface area (Å²) >= 11 is 0. The molecule has 3 amide bonds. The number of fused-ring (bicyclic) bond motifs is 8. The highest BCUT2D eigenvalue weighted by Crippen LogP contribution is 2.33. The van der Waals surface area contributed by atoms with Crippen molar-refractivity contribution in [2.24, 2.45) is 0 Å². The Morgan fingerprint density at radius 3 is 2.58 bits per heavy atom. The maximum atomic E-state index is 14.8. The van der Waals surface area contributed by atoms with Gasteiger partial charge in [-0.05, 0) is 65.7 Å². The summed E-state index contributed by atoms with van der Waals surface area (Å²) in [4.78, 5) is 50.6. The lowest BCUT2D eigenvalue weighted by Gasteiger charge is -2.39. The lowest BCUT2D eigenvalue weighted by Crippen LogP contribution is -2.58. The van der Waals surface area contributed by atoms with Crippen LogP contribution in [-0.2, 0) is 11.3 Å². The van der Waals surface area contributed by atoms with E-state index in [4.69, 9.17) is 14.2 Å². The van der Waals surface area contributed by atoms with Gasteiger partial charge in [-0.25, -0.2) is 14.4 Å². The van der Waals surface area contributed by atoms with Crippen LogP contribution in [0, 0.1) is 5.82 Å². The fourth-order valence-corrected chi connectivity index (χ4v) is 6.18. The van der Waals surface area contributed by atoms with E-state index in [-0.39, 0.29) is 36.9 Å². The number of amides is 3. The molecule has 1 saturated heterocycles. The summed E-state index contributed by atoms with van der Waals surface area (Å²) in [6, 6.07) is 25.1. The first-order chi connectivity index (χ1) is 25.3. The molecule has 7 rings (SSSR count). The van der Waals surface area contributed by atoms with E-state index < -0.39 is 29.8 Å². The third-order valence-corrected chi connectivity index (χ3v) is 8.77. The maximum absolute atomic E-state index is 14.8. The van der Waals surface area contributed by atoms with Gasteiger partial charge in [0.15, 0.2) is 6.61 Å². The number of halogens is 1. The molecule has 12 nitrogen and oxygen atoms in total. The van der Waals surface area contributed by atoms with E-state index >= 15 is 0 Å². The Labute approximate surface area is 299 Å². The molecule has 0 aliphatic carbocycles. The zero-order valence-electron chi connectivity index (χ0n) is 28.2.